The van der Waals surface area contributed by atoms with Crippen molar-refractivity contribution in [3.05, 3.63) is 23.9 Å². The van der Waals surface area contributed by atoms with E-state index in [1.807, 2.05) is 6.92 Å². The molecule has 3 heterocycles. The predicted octanol–water partition coefficient (Wildman–Crippen LogP) is 2.95. The first kappa shape index (κ1) is 19.3. The number of alkyl carbamates (subject to hydrolysis) is 1. The van der Waals surface area contributed by atoms with Gasteiger partial charge in [-0.2, -0.15) is 10.1 Å². The van der Waals surface area contributed by atoms with Gasteiger partial charge < -0.3 is 20.1 Å². The van der Waals surface area contributed by atoms with Gasteiger partial charge in [0.1, 0.15) is 12.3 Å². The Bertz CT molecular complexity index is 879. The van der Waals surface area contributed by atoms with E-state index in [1.54, 1.807) is 0 Å². The number of nitrogens with zero attached hydrogens (tertiary/aromatic N) is 3. The van der Waals surface area contributed by atoms with Gasteiger partial charge in [-0.15, -0.1) is 0 Å². The minimum atomic E-state index is -1.38. The number of hydrogen-bond donors (Lipinski definition) is 3. The van der Waals surface area contributed by atoms with Crippen LogP contribution in [0.1, 0.15) is 44.2 Å². The molecule has 11 heteroatoms. The zero-order valence-corrected chi connectivity index (χ0v) is 15.8. The van der Waals surface area contributed by atoms with Crippen molar-refractivity contribution < 1.29 is 23.0 Å². The Kier molecular flexibility index (Phi) is 5.45. The molecule has 1 aliphatic heterocycles. The Morgan fingerprint density at radius 1 is 1.28 bits per heavy atom. The van der Waals surface area contributed by atoms with E-state index in [9.17, 15) is 13.6 Å². The number of carbonyl (C=O) groups is 1. The highest BCUT2D eigenvalue weighted by Gasteiger charge is 2.40. The molecule has 2 aliphatic rings. The number of fused-ring (bicyclic) bond motifs is 7. The van der Waals surface area contributed by atoms with Crippen molar-refractivity contribution in [3.63, 3.8) is 0 Å². The highest BCUT2D eigenvalue weighted by Crippen LogP contribution is 2.39. The van der Waals surface area contributed by atoms with E-state index in [0.717, 1.165) is 0 Å². The van der Waals surface area contributed by atoms with Gasteiger partial charge in [-0.3, -0.25) is 10.1 Å². The Balaban J connectivity index is 1.59. The summed E-state index contributed by atoms with van der Waals surface area (Å²) >= 11 is 0. The van der Waals surface area contributed by atoms with Crippen molar-refractivity contribution >= 4 is 17.7 Å². The maximum absolute atomic E-state index is 14.8. The molecular weight excluding hydrogens is 386 g/mol. The van der Waals surface area contributed by atoms with Crippen molar-refractivity contribution in [2.45, 2.75) is 56.8 Å². The number of halogens is 2. The highest BCUT2D eigenvalue weighted by atomic mass is 19.1. The molecule has 29 heavy (non-hydrogen) atoms. The molecule has 2 aromatic rings. The molecule has 0 radical (unpaired) electrons. The molecule has 1 saturated carbocycles. The third-order valence-electron chi connectivity index (χ3n) is 5.08. The first-order chi connectivity index (χ1) is 14.0. The topological polar surface area (TPSA) is 114 Å². The molecule has 0 aromatic carbocycles. The fraction of sp³-hybridized carbons (Fsp3) is 0.556. The van der Waals surface area contributed by atoms with Crippen LogP contribution < -0.4 is 15.4 Å². The molecule has 3 N–H and O–H groups in total. The predicted molar refractivity (Wildman–Crippen MR) is 98.3 cm³/mol. The summed E-state index contributed by atoms with van der Waals surface area (Å²) < 4.78 is 40.0. The Morgan fingerprint density at radius 3 is 3.00 bits per heavy atom. The molecule has 2 aromatic heterocycles. The monoisotopic (exact) mass is 408 g/mol. The average Bonchev–Trinajstić information content (AvgIpc) is 3.21. The third-order valence-corrected chi connectivity index (χ3v) is 5.08. The van der Waals surface area contributed by atoms with Gasteiger partial charge >= 0.3 is 6.09 Å². The van der Waals surface area contributed by atoms with Gasteiger partial charge in [-0.05, 0) is 32.6 Å². The zero-order chi connectivity index (χ0) is 20.4. The van der Waals surface area contributed by atoms with Crippen LogP contribution in [0.5, 0.6) is 5.88 Å². The van der Waals surface area contributed by atoms with Gasteiger partial charge in [0.05, 0.1) is 24.7 Å². The SMILES string of the molecule is C[C@H]1CCCOc2cncc(n2)Nc2n[nH]c(c2F)C2C[C@@H](F)[C@H](C2)OC(=O)N1. The zero-order valence-electron chi connectivity index (χ0n) is 15.8. The number of amides is 1. The Morgan fingerprint density at radius 2 is 2.14 bits per heavy atom. The van der Waals surface area contributed by atoms with Gasteiger partial charge in [0.25, 0.3) is 0 Å². The lowest BCUT2D eigenvalue weighted by Crippen LogP contribution is -2.37. The van der Waals surface area contributed by atoms with Crippen LogP contribution in [-0.2, 0) is 4.74 Å². The molecule has 0 saturated heterocycles. The highest BCUT2D eigenvalue weighted by molar-refractivity contribution is 5.67. The first-order valence-corrected chi connectivity index (χ1v) is 9.56. The first-order valence-electron chi connectivity index (χ1n) is 9.56. The number of nitrogens with one attached hydrogen (secondary N) is 3. The third kappa shape index (κ3) is 4.38. The molecular formula is C18H22F2N6O3. The van der Waals surface area contributed by atoms with Crippen LogP contribution in [0.25, 0.3) is 0 Å². The fourth-order valence-corrected chi connectivity index (χ4v) is 3.61. The number of hydrogen-bond acceptors (Lipinski definition) is 7. The van der Waals surface area contributed by atoms with E-state index in [1.165, 1.54) is 12.4 Å². The molecule has 0 spiro atoms. The molecule has 4 atom stereocenters. The summed E-state index contributed by atoms with van der Waals surface area (Å²) in [6.45, 7) is 2.19. The quantitative estimate of drug-likeness (QED) is 0.614. The van der Waals surface area contributed by atoms with Crippen LogP contribution in [0.3, 0.4) is 0 Å². The summed E-state index contributed by atoms with van der Waals surface area (Å²) in [5, 5.41) is 12.0. The van der Waals surface area contributed by atoms with E-state index >= 15 is 0 Å². The molecule has 1 aliphatic carbocycles. The summed E-state index contributed by atoms with van der Waals surface area (Å²) in [7, 11) is 0. The minimum Gasteiger partial charge on any atom is -0.477 e. The van der Waals surface area contributed by atoms with E-state index in [4.69, 9.17) is 9.47 Å². The summed E-state index contributed by atoms with van der Waals surface area (Å²) in [5.74, 6) is -0.625. The van der Waals surface area contributed by atoms with Crippen LogP contribution in [0.15, 0.2) is 12.4 Å². The molecule has 6 bridgehead atoms. The second-order valence-corrected chi connectivity index (χ2v) is 7.33. The lowest BCUT2D eigenvalue weighted by Gasteiger charge is -2.18. The number of aromatic amines is 1. The molecule has 156 valence electrons. The fourth-order valence-electron chi connectivity index (χ4n) is 3.61. The van der Waals surface area contributed by atoms with Crippen molar-refractivity contribution in [3.8, 4) is 5.88 Å². The van der Waals surface area contributed by atoms with Crippen molar-refractivity contribution in [1.29, 1.82) is 0 Å². The van der Waals surface area contributed by atoms with E-state index in [-0.39, 0.29) is 42.1 Å². The number of H-pyrrole nitrogens is 1. The van der Waals surface area contributed by atoms with Crippen LogP contribution in [-0.4, -0.2) is 51.2 Å². The number of anilines is 2. The van der Waals surface area contributed by atoms with Crippen molar-refractivity contribution in [2.75, 3.05) is 11.9 Å². The lowest BCUT2D eigenvalue weighted by atomic mass is 10.0. The number of carbonyl (C=O) groups excluding carboxylic acids is 1. The molecule has 1 unspecified atom stereocenters. The maximum Gasteiger partial charge on any atom is 0.407 e. The number of alkyl halides is 1. The van der Waals surface area contributed by atoms with Gasteiger partial charge in [-0.1, -0.05) is 0 Å². The van der Waals surface area contributed by atoms with Crippen molar-refractivity contribution in [1.82, 2.24) is 25.5 Å². The van der Waals surface area contributed by atoms with Crippen LogP contribution in [0, 0.1) is 5.82 Å². The van der Waals surface area contributed by atoms with Crippen molar-refractivity contribution in [2.24, 2.45) is 0 Å². The number of ether oxygens (including phenoxy) is 2. The maximum atomic E-state index is 14.8. The van der Waals surface area contributed by atoms with Crippen LogP contribution in [0.2, 0.25) is 0 Å². The standard InChI is InChI=1S/C18H22F2N6O3/c1-9-3-2-4-28-14-8-21-7-13(23-14)24-17-15(20)16(25-26-17)10-5-11(19)12(6-10)29-18(27)22-9/h7-12H,2-6H2,1H3,(H,22,27)(H2,23,24,25,26)/t9-,10?,11+,12-/m0/s1. The van der Waals surface area contributed by atoms with Gasteiger partial charge in [-0.25, -0.2) is 13.6 Å². The van der Waals surface area contributed by atoms with E-state index < -0.39 is 30.1 Å². The summed E-state index contributed by atoms with van der Waals surface area (Å²) in [6, 6.07) is -0.174. The second-order valence-electron chi connectivity index (χ2n) is 7.33. The number of rotatable bonds is 0. The summed E-state index contributed by atoms with van der Waals surface area (Å²) in [5.41, 5.74) is 0.163. The lowest BCUT2D eigenvalue weighted by molar-refractivity contribution is 0.0586. The minimum absolute atomic E-state index is 0.0369. The molecule has 4 rings (SSSR count). The van der Waals surface area contributed by atoms with E-state index in [0.29, 0.717) is 19.4 Å². The molecule has 1 fully saturated rings. The summed E-state index contributed by atoms with van der Waals surface area (Å²) in [6.07, 6.45) is 1.39. The molecule has 9 nitrogen and oxygen atoms in total. The van der Waals surface area contributed by atoms with Crippen LogP contribution >= 0.6 is 0 Å². The molecule has 1 amide bonds. The Labute approximate surface area is 165 Å². The number of aromatic nitrogens is 4. The largest absolute Gasteiger partial charge is 0.477 e. The van der Waals surface area contributed by atoms with Gasteiger partial charge in [0, 0.05) is 12.0 Å². The Hall–Kier alpha value is -2.98. The second kappa shape index (κ2) is 8.18. The van der Waals surface area contributed by atoms with E-state index in [2.05, 4.69) is 30.8 Å². The summed E-state index contributed by atoms with van der Waals surface area (Å²) in [4.78, 5) is 20.3. The normalized spacial score (nSPS) is 27.6. The van der Waals surface area contributed by atoms with Gasteiger partial charge in [0.2, 0.25) is 5.88 Å². The van der Waals surface area contributed by atoms with Gasteiger partial charge in [0.15, 0.2) is 17.5 Å². The van der Waals surface area contributed by atoms with Crippen LogP contribution in [0.4, 0.5) is 25.2 Å². The smallest absolute Gasteiger partial charge is 0.407 e. The average molecular weight is 408 g/mol.